The molecule has 0 heterocycles. The van der Waals surface area contributed by atoms with E-state index in [1.54, 1.807) is 6.07 Å². The second-order valence-electron chi connectivity index (χ2n) is 8.74. The fourth-order valence-corrected chi connectivity index (χ4v) is 4.07. The van der Waals surface area contributed by atoms with E-state index in [0.29, 0.717) is 18.2 Å². The Bertz CT molecular complexity index is 1320. The Morgan fingerprint density at radius 3 is 1.92 bits per heavy atom. The van der Waals surface area contributed by atoms with Gasteiger partial charge in [-0.3, -0.25) is 0 Å². The van der Waals surface area contributed by atoms with Crippen LogP contribution in [0.25, 0.3) is 0 Å². The number of urea groups is 1. The van der Waals surface area contributed by atoms with E-state index in [0.717, 1.165) is 19.1 Å². The summed E-state index contributed by atoms with van der Waals surface area (Å²) in [5.74, 6) is -1.43. The van der Waals surface area contributed by atoms with E-state index in [1.165, 1.54) is 29.6 Å². The lowest BCUT2D eigenvalue weighted by atomic mass is 9.76. The Labute approximate surface area is 215 Å². The Morgan fingerprint density at radius 1 is 0.744 bits per heavy atom. The summed E-state index contributed by atoms with van der Waals surface area (Å²) >= 11 is 0. The maximum atomic E-state index is 14.6. The van der Waals surface area contributed by atoms with Gasteiger partial charge in [-0.1, -0.05) is 42.5 Å². The molecule has 0 aliphatic carbocycles. The molecule has 0 fully saturated rings. The molecule has 3 rings (SSSR count). The second-order valence-corrected chi connectivity index (χ2v) is 8.74. The number of carbonyl (C=O) groups excluding carboxylic acids is 1. The van der Waals surface area contributed by atoms with Crippen molar-refractivity contribution in [1.82, 2.24) is 10.6 Å². The highest BCUT2D eigenvalue weighted by Gasteiger charge is 2.42. The van der Waals surface area contributed by atoms with E-state index in [2.05, 4.69) is 5.32 Å². The van der Waals surface area contributed by atoms with Crippen LogP contribution in [-0.2, 0) is 24.3 Å². The molecule has 0 radical (unpaired) electrons. The maximum absolute atomic E-state index is 14.6. The lowest BCUT2D eigenvalue weighted by Gasteiger charge is -2.37. The minimum absolute atomic E-state index is 0.150. The van der Waals surface area contributed by atoms with Crippen LogP contribution in [-0.4, -0.2) is 18.8 Å². The molecule has 0 aliphatic rings. The molecule has 0 aromatic heterocycles. The summed E-state index contributed by atoms with van der Waals surface area (Å²) in [4.78, 5) is 12.7. The van der Waals surface area contributed by atoms with Gasteiger partial charge >= 0.3 is 24.6 Å². The standard InChI is InChI=1S/C26H20F10N2O/c1-15-7-8-17(12-21(15)26(34,35)36)23(13-16-5-3-2-4-6-16,38-22(39)37-14-24(28,29)30)18-9-19(25(31,32)33)11-20(27)10-18/h2-12H,13-14H2,1H3,(H2,37,38,39). The summed E-state index contributed by atoms with van der Waals surface area (Å²) in [6.07, 6.45) is -15.5. The number of nitrogens with one attached hydrogen (secondary N) is 2. The number of halogens is 10. The van der Waals surface area contributed by atoms with Crippen LogP contribution in [0.1, 0.15) is 33.4 Å². The molecule has 0 saturated carbocycles. The van der Waals surface area contributed by atoms with Crippen molar-refractivity contribution in [1.29, 1.82) is 0 Å². The van der Waals surface area contributed by atoms with Crippen LogP contribution < -0.4 is 10.6 Å². The number of benzene rings is 3. The van der Waals surface area contributed by atoms with Gasteiger partial charge in [0, 0.05) is 6.42 Å². The van der Waals surface area contributed by atoms with Crippen molar-refractivity contribution in [3.8, 4) is 0 Å². The van der Waals surface area contributed by atoms with Gasteiger partial charge in [-0.05, 0) is 53.4 Å². The van der Waals surface area contributed by atoms with Crippen LogP contribution in [0.4, 0.5) is 48.7 Å². The van der Waals surface area contributed by atoms with Crippen molar-refractivity contribution in [3.63, 3.8) is 0 Å². The van der Waals surface area contributed by atoms with Crippen molar-refractivity contribution >= 4 is 6.03 Å². The Morgan fingerprint density at radius 2 is 1.36 bits per heavy atom. The van der Waals surface area contributed by atoms with Crippen LogP contribution in [0.5, 0.6) is 0 Å². The summed E-state index contributed by atoms with van der Waals surface area (Å²) in [6.45, 7) is -0.724. The predicted octanol–water partition coefficient (Wildman–Crippen LogP) is 7.52. The minimum Gasteiger partial charge on any atom is -0.329 e. The molecule has 1 atom stereocenters. The van der Waals surface area contributed by atoms with Gasteiger partial charge in [0.2, 0.25) is 0 Å². The summed E-state index contributed by atoms with van der Waals surface area (Å²) < 4.78 is 135. The average Bonchev–Trinajstić information content (AvgIpc) is 2.81. The molecule has 3 nitrogen and oxygen atoms in total. The van der Waals surface area contributed by atoms with Crippen LogP contribution in [0, 0.1) is 12.7 Å². The third-order valence-electron chi connectivity index (χ3n) is 5.84. The Kier molecular flexibility index (Phi) is 8.23. The number of hydrogen-bond acceptors (Lipinski definition) is 1. The molecule has 3 aromatic rings. The van der Waals surface area contributed by atoms with E-state index in [-0.39, 0.29) is 17.2 Å². The van der Waals surface area contributed by atoms with Crippen molar-refractivity contribution in [2.45, 2.75) is 37.4 Å². The fourth-order valence-electron chi connectivity index (χ4n) is 4.07. The molecule has 0 spiro atoms. The van der Waals surface area contributed by atoms with Crippen molar-refractivity contribution in [2.24, 2.45) is 0 Å². The quantitative estimate of drug-likeness (QED) is 0.298. The smallest absolute Gasteiger partial charge is 0.329 e. The van der Waals surface area contributed by atoms with Crippen molar-refractivity contribution < 1.29 is 48.7 Å². The molecule has 210 valence electrons. The first kappa shape index (κ1) is 29.8. The van der Waals surface area contributed by atoms with Crippen LogP contribution in [0.2, 0.25) is 0 Å². The minimum atomic E-state index is -5.10. The van der Waals surface area contributed by atoms with Gasteiger partial charge in [0.25, 0.3) is 0 Å². The highest BCUT2D eigenvalue weighted by atomic mass is 19.4. The lowest BCUT2D eigenvalue weighted by molar-refractivity contribution is -0.138. The zero-order valence-corrected chi connectivity index (χ0v) is 20.0. The molecular formula is C26H20F10N2O. The van der Waals surface area contributed by atoms with E-state index < -0.39 is 71.1 Å². The summed E-state index contributed by atoms with van der Waals surface area (Å²) in [7, 11) is 0. The van der Waals surface area contributed by atoms with Gasteiger partial charge in [0.1, 0.15) is 12.4 Å². The largest absolute Gasteiger partial charge is 0.416 e. The zero-order chi connectivity index (χ0) is 29.2. The highest BCUT2D eigenvalue weighted by molar-refractivity contribution is 5.76. The monoisotopic (exact) mass is 566 g/mol. The summed E-state index contributed by atoms with van der Waals surface area (Å²) in [5.41, 5.74) is -6.19. The van der Waals surface area contributed by atoms with Crippen molar-refractivity contribution in [3.05, 3.63) is 106 Å². The van der Waals surface area contributed by atoms with E-state index in [1.807, 2.05) is 0 Å². The van der Waals surface area contributed by atoms with Crippen LogP contribution in [0.3, 0.4) is 0 Å². The molecule has 2 N–H and O–H groups in total. The van der Waals surface area contributed by atoms with E-state index in [9.17, 15) is 48.7 Å². The maximum Gasteiger partial charge on any atom is 0.416 e. The third-order valence-corrected chi connectivity index (χ3v) is 5.84. The van der Waals surface area contributed by atoms with Gasteiger partial charge < -0.3 is 10.6 Å². The Balaban J connectivity index is 2.36. The molecule has 1 unspecified atom stereocenters. The van der Waals surface area contributed by atoms with Gasteiger partial charge in [0.15, 0.2) is 0 Å². The van der Waals surface area contributed by atoms with Crippen molar-refractivity contribution in [2.75, 3.05) is 6.54 Å². The third kappa shape index (κ3) is 7.42. The number of carbonyl (C=O) groups is 1. The predicted molar refractivity (Wildman–Crippen MR) is 121 cm³/mol. The Hall–Kier alpha value is -3.77. The molecule has 0 aliphatic heterocycles. The molecule has 39 heavy (non-hydrogen) atoms. The molecule has 2 amide bonds. The molecule has 0 bridgehead atoms. The average molecular weight is 566 g/mol. The first-order chi connectivity index (χ1) is 17.9. The first-order valence-corrected chi connectivity index (χ1v) is 11.1. The van der Waals surface area contributed by atoms with E-state index >= 15 is 0 Å². The SMILES string of the molecule is Cc1ccc(C(Cc2ccccc2)(NC(=O)NCC(F)(F)F)c2cc(F)cc(C(F)(F)F)c2)cc1C(F)(F)F. The van der Waals surface area contributed by atoms with E-state index in [4.69, 9.17) is 0 Å². The van der Waals surface area contributed by atoms with Crippen LogP contribution >= 0.6 is 0 Å². The summed E-state index contributed by atoms with van der Waals surface area (Å²) in [6, 6.07) is 9.67. The number of rotatable bonds is 6. The van der Waals surface area contributed by atoms with Gasteiger partial charge in [-0.25, -0.2) is 9.18 Å². The second kappa shape index (κ2) is 10.8. The number of amides is 2. The summed E-state index contributed by atoms with van der Waals surface area (Å²) in [5, 5.41) is 3.64. The molecule has 13 heteroatoms. The number of hydrogen-bond donors (Lipinski definition) is 2. The normalized spacial score (nSPS) is 14.0. The topological polar surface area (TPSA) is 41.1 Å². The first-order valence-electron chi connectivity index (χ1n) is 11.1. The van der Waals surface area contributed by atoms with Crippen LogP contribution in [0.15, 0.2) is 66.7 Å². The fraction of sp³-hybridized carbons (Fsp3) is 0.269. The number of aryl methyl sites for hydroxylation is 1. The number of alkyl halides is 9. The lowest BCUT2D eigenvalue weighted by Crippen LogP contribution is -2.53. The molecule has 0 saturated heterocycles. The highest BCUT2D eigenvalue weighted by Crippen LogP contribution is 2.41. The molecular weight excluding hydrogens is 546 g/mol. The molecule has 3 aromatic carbocycles. The van der Waals surface area contributed by atoms with Gasteiger partial charge in [-0.15, -0.1) is 0 Å². The van der Waals surface area contributed by atoms with Gasteiger partial charge in [0.05, 0.1) is 16.7 Å². The van der Waals surface area contributed by atoms with Gasteiger partial charge in [-0.2, -0.15) is 39.5 Å². The zero-order valence-electron chi connectivity index (χ0n) is 20.0.